The highest BCUT2D eigenvalue weighted by Crippen LogP contribution is 2.59. The summed E-state index contributed by atoms with van der Waals surface area (Å²) in [6, 6.07) is 5.09. The lowest BCUT2D eigenvalue weighted by molar-refractivity contribution is -0.152. The molecule has 6 fully saturated rings. The van der Waals surface area contributed by atoms with Crippen molar-refractivity contribution in [3.05, 3.63) is 41.9 Å². The smallest absolute Gasteiger partial charge is 0.330 e. The van der Waals surface area contributed by atoms with E-state index in [2.05, 4.69) is 15.3 Å². The minimum atomic E-state index is -3.60. The van der Waals surface area contributed by atoms with Crippen LogP contribution in [0.15, 0.2) is 30.6 Å². The zero-order valence-electron chi connectivity index (χ0n) is 31.3. The molecule has 5 atom stereocenters. The molecule has 2 N–H and O–H groups in total. The molecule has 3 heterocycles. The maximum atomic E-state index is 15.5. The minimum absolute atomic E-state index is 0.0885. The molecule has 1 amide bonds. The first-order valence-electron chi connectivity index (χ1n) is 20.1. The number of aromatic nitrogens is 3. The van der Waals surface area contributed by atoms with E-state index < -0.39 is 46.4 Å². The van der Waals surface area contributed by atoms with E-state index in [4.69, 9.17) is 4.74 Å². The standard InChI is InChI=1S/C41H47F6N5O4/c1-38(42,43)34-31(36(53)50-41(37(54)55)24-3-2-22-14-25(41)16-23(22)15-24)18-48-35(49-34)32-19-52(27-10-12-39(44,45)13-11-27)33-17-29(8-9-30(32)33)56-28-6-4-26(5-7-28)51-20-40(46,47)21-51/h8-9,17-19,22-28H,2-7,10-16,20-21H2,1H3,(H,50,53)(H,54,55). The number of carbonyl (C=O) groups is 2. The molecule has 5 aliphatic carbocycles. The Morgan fingerprint density at radius 3 is 2.27 bits per heavy atom. The Morgan fingerprint density at radius 2 is 1.59 bits per heavy atom. The number of carbonyl (C=O) groups excluding carboxylic acids is 1. The van der Waals surface area contributed by atoms with Crippen LogP contribution in [0.25, 0.3) is 22.3 Å². The van der Waals surface area contributed by atoms with Gasteiger partial charge in [-0.05, 0) is 106 Å². The molecule has 3 bridgehead atoms. The third kappa shape index (κ3) is 6.53. The Balaban J connectivity index is 1.02. The number of hydrogen-bond acceptors (Lipinski definition) is 6. The maximum Gasteiger partial charge on any atom is 0.330 e. The SMILES string of the molecule is CC(F)(F)c1nc(-c2cn(C3CCC(F)(F)CC3)c3cc(OC4CCC(N5CC(F)(F)C5)CC4)ccc23)ncc1C(=O)NC1(C(=O)O)C2CCC3CC1CC3C2. The number of benzene rings is 1. The first-order valence-corrected chi connectivity index (χ1v) is 20.1. The van der Waals surface area contributed by atoms with Crippen LogP contribution in [0.1, 0.15) is 112 Å². The number of hydrogen-bond donors (Lipinski definition) is 2. The molecule has 1 aromatic carbocycles. The van der Waals surface area contributed by atoms with E-state index in [9.17, 15) is 32.3 Å². The molecular weight excluding hydrogens is 740 g/mol. The lowest BCUT2D eigenvalue weighted by Gasteiger charge is -2.47. The average molecular weight is 788 g/mol. The summed E-state index contributed by atoms with van der Waals surface area (Å²) in [5.74, 6) is -10.4. The predicted molar refractivity (Wildman–Crippen MR) is 193 cm³/mol. The molecule has 2 aromatic heterocycles. The Hall–Kier alpha value is -3.88. The molecule has 9 rings (SSSR count). The molecule has 302 valence electrons. The maximum absolute atomic E-state index is 15.5. The minimum Gasteiger partial charge on any atom is -0.490 e. The lowest BCUT2D eigenvalue weighted by Crippen LogP contribution is -2.65. The van der Waals surface area contributed by atoms with Crippen molar-refractivity contribution >= 4 is 22.8 Å². The highest BCUT2D eigenvalue weighted by molar-refractivity contribution is 6.00. The monoisotopic (exact) mass is 787 g/mol. The second-order valence-corrected chi connectivity index (χ2v) is 17.7. The Labute approximate surface area is 320 Å². The zero-order chi connectivity index (χ0) is 39.4. The number of likely N-dealkylation sites (tertiary alicyclic amines) is 1. The number of nitrogens with zero attached hydrogens (tertiary/aromatic N) is 4. The second kappa shape index (κ2) is 13.3. The fraction of sp³-hybridized carbons (Fsp3) is 0.659. The number of amides is 1. The molecular formula is C41H47F6N5O4. The number of aliphatic carboxylic acids is 1. The normalized spacial score (nSPS) is 32.6. The van der Waals surface area contributed by atoms with Crippen LogP contribution in [0.5, 0.6) is 5.75 Å². The molecule has 15 heteroatoms. The average Bonchev–Trinajstić information content (AvgIpc) is 3.67. The molecule has 9 nitrogen and oxygen atoms in total. The molecule has 1 saturated heterocycles. The van der Waals surface area contributed by atoms with Gasteiger partial charge >= 0.3 is 5.97 Å². The number of carboxylic acids is 1. The van der Waals surface area contributed by atoms with Crippen molar-refractivity contribution in [2.75, 3.05) is 13.1 Å². The molecule has 0 spiro atoms. The summed E-state index contributed by atoms with van der Waals surface area (Å²) in [6.45, 7) is 0.209. The molecule has 5 saturated carbocycles. The van der Waals surface area contributed by atoms with Gasteiger partial charge in [0.15, 0.2) is 5.82 Å². The highest BCUT2D eigenvalue weighted by atomic mass is 19.3. The van der Waals surface area contributed by atoms with Gasteiger partial charge in [-0.25, -0.2) is 32.3 Å². The third-order valence-electron chi connectivity index (χ3n) is 14.2. The van der Waals surface area contributed by atoms with Crippen molar-refractivity contribution < 1.29 is 45.8 Å². The van der Waals surface area contributed by atoms with Crippen LogP contribution in [-0.4, -0.2) is 79.0 Å². The number of fused-ring (bicyclic) bond motifs is 3. The molecule has 6 aliphatic rings. The number of ether oxygens (including phenoxy) is 1. The van der Waals surface area contributed by atoms with Gasteiger partial charge < -0.3 is 19.7 Å². The molecule has 1 aliphatic heterocycles. The highest BCUT2D eigenvalue weighted by Gasteiger charge is 2.63. The summed E-state index contributed by atoms with van der Waals surface area (Å²) in [5.41, 5.74) is -1.89. The third-order valence-corrected chi connectivity index (χ3v) is 14.2. The van der Waals surface area contributed by atoms with Crippen LogP contribution in [-0.2, 0) is 10.7 Å². The molecule has 0 radical (unpaired) electrons. The van der Waals surface area contributed by atoms with E-state index in [-0.39, 0.29) is 74.6 Å². The Kier molecular flexibility index (Phi) is 8.98. The van der Waals surface area contributed by atoms with Crippen molar-refractivity contribution in [1.29, 1.82) is 0 Å². The van der Waals surface area contributed by atoms with Gasteiger partial charge in [0.05, 0.1) is 30.3 Å². The van der Waals surface area contributed by atoms with E-state index in [1.165, 1.54) is 0 Å². The van der Waals surface area contributed by atoms with Gasteiger partial charge in [0, 0.05) is 61.3 Å². The van der Waals surface area contributed by atoms with Crippen molar-refractivity contribution in [3.8, 4) is 17.1 Å². The van der Waals surface area contributed by atoms with Crippen molar-refractivity contribution in [1.82, 2.24) is 24.8 Å². The van der Waals surface area contributed by atoms with Crippen LogP contribution in [0.3, 0.4) is 0 Å². The van der Waals surface area contributed by atoms with Crippen molar-refractivity contribution in [2.24, 2.45) is 23.7 Å². The molecule has 56 heavy (non-hydrogen) atoms. The lowest BCUT2D eigenvalue weighted by atomic mass is 9.62. The first kappa shape index (κ1) is 37.7. The summed E-state index contributed by atoms with van der Waals surface area (Å²) in [5, 5.41) is 13.9. The zero-order valence-corrected chi connectivity index (χ0v) is 31.3. The van der Waals surface area contributed by atoms with E-state index >= 15 is 8.78 Å². The van der Waals surface area contributed by atoms with Gasteiger partial charge in [-0.3, -0.25) is 9.69 Å². The van der Waals surface area contributed by atoms with Crippen LogP contribution in [0.2, 0.25) is 0 Å². The summed E-state index contributed by atoms with van der Waals surface area (Å²) in [7, 11) is 0. The second-order valence-electron chi connectivity index (χ2n) is 17.7. The summed E-state index contributed by atoms with van der Waals surface area (Å²) in [4.78, 5) is 37.5. The van der Waals surface area contributed by atoms with E-state index in [0.717, 1.165) is 25.5 Å². The topological polar surface area (TPSA) is 110 Å². The number of rotatable bonds is 9. The van der Waals surface area contributed by atoms with Gasteiger partial charge in [0.25, 0.3) is 17.8 Å². The number of halogens is 6. The molecule has 3 aromatic rings. The van der Waals surface area contributed by atoms with Crippen LogP contribution in [0.4, 0.5) is 26.3 Å². The Bertz CT molecular complexity index is 2020. The quantitative estimate of drug-likeness (QED) is 0.209. The fourth-order valence-corrected chi connectivity index (χ4v) is 11.4. The summed E-state index contributed by atoms with van der Waals surface area (Å²) in [6.07, 6.45) is 8.78. The van der Waals surface area contributed by atoms with E-state index in [1.54, 1.807) is 18.3 Å². The number of alkyl halides is 6. The van der Waals surface area contributed by atoms with E-state index in [1.807, 2.05) is 15.5 Å². The summed E-state index contributed by atoms with van der Waals surface area (Å²) < 4.78 is 94.7. The van der Waals surface area contributed by atoms with Gasteiger partial charge in [-0.2, -0.15) is 8.78 Å². The van der Waals surface area contributed by atoms with Gasteiger partial charge in [-0.1, -0.05) is 0 Å². The predicted octanol–water partition coefficient (Wildman–Crippen LogP) is 8.61. The summed E-state index contributed by atoms with van der Waals surface area (Å²) >= 11 is 0. The molecule has 5 unspecified atom stereocenters. The number of carboxylic acid groups (broad SMARTS) is 1. The number of nitrogens with one attached hydrogen (secondary N) is 1. The van der Waals surface area contributed by atoms with Gasteiger partial charge in [-0.15, -0.1) is 0 Å². The Morgan fingerprint density at radius 1 is 0.893 bits per heavy atom. The van der Waals surface area contributed by atoms with Crippen LogP contribution >= 0.6 is 0 Å². The largest absolute Gasteiger partial charge is 0.490 e. The van der Waals surface area contributed by atoms with Crippen LogP contribution < -0.4 is 10.1 Å². The van der Waals surface area contributed by atoms with E-state index in [0.29, 0.717) is 79.5 Å². The van der Waals surface area contributed by atoms with Gasteiger partial charge in [0.1, 0.15) is 17.0 Å². The fourth-order valence-electron chi connectivity index (χ4n) is 11.4. The van der Waals surface area contributed by atoms with Gasteiger partial charge in [0.2, 0.25) is 5.92 Å². The van der Waals surface area contributed by atoms with Crippen molar-refractivity contribution in [3.63, 3.8) is 0 Å². The van der Waals surface area contributed by atoms with Crippen LogP contribution in [0, 0.1) is 23.7 Å². The first-order chi connectivity index (χ1) is 26.5. The van der Waals surface area contributed by atoms with Crippen molar-refractivity contribution in [2.45, 2.75) is 132 Å².